The zero-order valence-electron chi connectivity index (χ0n) is 8.57. The van der Waals surface area contributed by atoms with Gasteiger partial charge in [-0.3, -0.25) is 0 Å². The van der Waals surface area contributed by atoms with Crippen LogP contribution < -0.4 is 0 Å². The molecule has 3 heteroatoms. The fraction of sp³-hybridized carbons (Fsp3) is 0.600. The standard InChI is InChI=1S/C10H16N2O/c1-6(2)8-5-9(7(3)4)12-10(13)11-8/h5-7H,1-4H3,(H,11,12,13). The second-order valence-corrected chi connectivity index (χ2v) is 3.83. The van der Waals surface area contributed by atoms with Crippen molar-refractivity contribution in [1.29, 1.82) is 0 Å². The van der Waals surface area contributed by atoms with Gasteiger partial charge in [-0.2, -0.15) is 0 Å². The van der Waals surface area contributed by atoms with E-state index in [9.17, 15) is 5.11 Å². The summed E-state index contributed by atoms with van der Waals surface area (Å²) < 4.78 is 0. The van der Waals surface area contributed by atoms with Gasteiger partial charge in [0.25, 0.3) is 0 Å². The zero-order valence-corrected chi connectivity index (χ0v) is 8.57. The van der Waals surface area contributed by atoms with Crippen molar-refractivity contribution in [1.82, 2.24) is 9.97 Å². The molecule has 13 heavy (non-hydrogen) atoms. The molecule has 0 atom stereocenters. The van der Waals surface area contributed by atoms with Gasteiger partial charge < -0.3 is 5.11 Å². The predicted octanol–water partition coefficient (Wildman–Crippen LogP) is 2.43. The van der Waals surface area contributed by atoms with Crippen molar-refractivity contribution in [2.45, 2.75) is 39.5 Å². The quantitative estimate of drug-likeness (QED) is 0.760. The summed E-state index contributed by atoms with van der Waals surface area (Å²) in [4.78, 5) is 7.92. The van der Waals surface area contributed by atoms with Crippen molar-refractivity contribution in [2.75, 3.05) is 0 Å². The molecule has 1 N–H and O–H groups in total. The van der Waals surface area contributed by atoms with Gasteiger partial charge in [0.1, 0.15) is 0 Å². The molecule has 0 bridgehead atoms. The molecule has 0 aliphatic heterocycles. The van der Waals surface area contributed by atoms with Crippen LogP contribution in [0.15, 0.2) is 6.07 Å². The van der Waals surface area contributed by atoms with Crippen LogP contribution in [0.2, 0.25) is 0 Å². The Morgan fingerprint density at radius 2 is 1.38 bits per heavy atom. The van der Waals surface area contributed by atoms with Crippen molar-refractivity contribution in [2.24, 2.45) is 0 Å². The summed E-state index contributed by atoms with van der Waals surface area (Å²) in [7, 11) is 0. The van der Waals surface area contributed by atoms with E-state index in [2.05, 4.69) is 9.97 Å². The average molecular weight is 180 g/mol. The molecule has 1 heterocycles. The third kappa shape index (κ3) is 2.41. The van der Waals surface area contributed by atoms with E-state index >= 15 is 0 Å². The molecule has 0 saturated carbocycles. The number of nitrogens with zero attached hydrogens (tertiary/aromatic N) is 2. The molecule has 1 aromatic rings. The van der Waals surface area contributed by atoms with E-state index in [0.717, 1.165) is 11.4 Å². The van der Waals surface area contributed by atoms with Gasteiger partial charge in [-0.15, -0.1) is 0 Å². The second-order valence-electron chi connectivity index (χ2n) is 3.83. The lowest BCUT2D eigenvalue weighted by atomic mass is 10.1. The minimum atomic E-state index is -0.116. The summed E-state index contributed by atoms with van der Waals surface area (Å²) >= 11 is 0. The monoisotopic (exact) mass is 180 g/mol. The first-order valence-electron chi connectivity index (χ1n) is 4.58. The molecule has 0 amide bonds. The molecule has 0 radical (unpaired) electrons. The molecule has 0 fully saturated rings. The van der Waals surface area contributed by atoms with E-state index in [4.69, 9.17) is 0 Å². The first-order chi connectivity index (χ1) is 6.00. The molecule has 72 valence electrons. The lowest BCUT2D eigenvalue weighted by Crippen LogP contribution is -2.00. The van der Waals surface area contributed by atoms with Crippen LogP contribution in [0.4, 0.5) is 0 Å². The van der Waals surface area contributed by atoms with E-state index in [-0.39, 0.29) is 6.01 Å². The summed E-state index contributed by atoms with van der Waals surface area (Å²) in [6.45, 7) is 8.19. The number of rotatable bonds is 2. The van der Waals surface area contributed by atoms with Gasteiger partial charge in [-0.05, 0) is 17.9 Å². The first-order valence-corrected chi connectivity index (χ1v) is 4.58. The van der Waals surface area contributed by atoms with E-state index in [1.807, 2.05) is 33.8 Å². The van der Waals surface area contributed by atoms with Crippen molar-refractivity contribution < 1.29 is 5.11 Å². The number of aromatic hydroxyl groups is 1. The highest BCUT2D eigenvalue weighted by Gasteiger charge is 2.08. The topological polar surface area (TPSA) is 46.0 Å². The molecule has 1 rings (SSSR count). The molecule has 3 nitrogen and oxygen atoms in total. The first kappa shape index (κ1) is 9.96. The molecule has 0 unspecified atom stereocenters. The Labute approximate surface area is 78.9 Å². The van der Waals surface area contributed by atoms with Crippen LogP contribution in [0, 0.1) is 0 Å². The van der Waals surface area contributed by atoms with Crippen molar-refractivity contribution in [3.63, 3.8) is 0 Å². The molecule has 0 saturated heterocycles. The van der Waals surface area contributed by atoms with Crippen molar-refractivity contribution in [3.8, 4) is 6.01 Å². The SMILES string of the molecule is CC(C)c1cc(C(C)C)nc(O)n1. The fourth-order valence-corrected chi connectivity index (χ4v) is 1.06. The molecule has 1 aromatic heterocycles. The van der Waals surface area contributed by atoms with Crippen molar-refractivity contribution in [3.05, 3.63) is 17.5 Å². The van der Waals surface area contributed by atoms with Crippen LogP contribution in [-0.2, 0) is 0 Å². The van der Waals surface area contributed by atoms with Gasteiger partial charge in [0.05, 0.1) is 11.4 Å². The largest absolute Gasteiger partial charge is 0.479 e. The Bertz CT molecular complexity index is 269. The Balaban J connectivity index is 3.11. The summed E-state index contributed by atoms with van der Waals surface area (Å²) in [6, 6.07) is 1.84. The Morgan fingerprint density at radius 3 is 1.69 bits per heavy atom. The van der Waals surface area contributed by atoms with Gasteiger partial charge in [0, 0.05) is 0 Å². The highest BCUT2D eigenvalue weighted by atomic mass is 16.3. The van der Waals surface area contributed by atoms with Gasteiger partial charge in [0.2, 0.25) is 0 Å². The van der Waals surface area contributed by atoms with E-state index in [0.29, 0.717) is 11.8 Å². The fourth-order valence-electron chi connectivity index (χ4n) is 1.06. The molecule has 0 aliphatic carbocycles. The van der Waals surface area contributed by atoms with E-state index in [1.165, 1.54) is 0 Å². The normalized spacial score (nSPS) is 11.2. The average Bonchev–Trinajstić information content (AvgIpc) is 2.03. The minimum absolute atomic E-state index is 0.116. The maximum absolute atomic E-state index is 9.27. The number of hydrogen-bond acceptors (Lipinski definition) is 3. The van der Waals surface area contributed by atoms with Crippen LogP contribution in [0.3, 0.4) is 0 Å². The molecule has 0 aliphatic rings. The summed E-state index contributed by atoms with van der Waals surface area (Å²) in [5.41, 5.74) is 1.80. The lowest BCUT2D eigenvalue weighted by Gasteiger charge is -2.09. The maximum Gasteiger partial charge on any atom is 0.314 e. The zero-order chi connectivity index (χ0) is 10.0. The minimum Gasteiger partial charge on any atom is -0.479 e. The number of hydrogen-bond donors (Lipinski definition) is 1. The predicted molar refractivity (Wildman–Crippen MR) is 51.9 cm³/mol. The van der Waals surface area contributed by atoms with Crippen molar-refractivity contribution >= 4 is 0 Å². The van der Waals surface area contributed by atoms with Crippen LogP contribution in [-0.4, -0.2) is 15.1 Å². The second kappa shape index (κ2) is 3.73. The Morgan fingerprint density at radius 1 is 1.00 bits per heavy atom. The number of aromatic nitrogens is 2. The molecular weight excluding hydrogens is 164 g/mol. The van der Waals surface area contributed by atoms with E-state index < -0.39 is 0 Å². The van der Waals surface area contributed by atoms with Gasteiger partial charge >= 0.3 is 6.01 Å². The lowest BCUT2D eigenvalue weighted by molar-refractivity contribution is 0.422. The van der Waals surface area contributed by atoms with Gasteiger partial charge in [-0.25, -0.2) is 9.97 Å². The summed E-state index contributed by atoms with van der Waals surface area (Å²) in [5.74, 6) is 0.651. The highest BCUT2D eigenvalue weighted by Crippen LogP contribution is 2.19. The summed E-state index contributed by atoms with van der Waals surface area (Å²) in [5, 5.41) is 9.27. The maximum atomic E-state index is 9.27. The third-order valence-corrected chi connectivity index (χ3v) is 1.94. The van der Waals surface area contributed by atoms with Gasteiger partial charge in [-0.1, -0.05) is 27.7 Å². The Hall–Kier alpha value is -1.12. The van der Waals surface area contributed by atoms with Crippen LogP contribution in [0.5, 0.6) is 6.01 Å². The van der Waals surface area contributed by atoms with Crippen LogP contribution >= 0.6 is 0 Å². The summed E-state index contributed by atoms with van der Waals surface area (Å²) in [6.07, 6.45) is 0. The molecular formula is C10H16N2O. The van der Waals surface area contributed by atoms with Crippen LogP contribution in [0.25, 0.3) is 0 Å². The molecule has 0 aromatic carbocycles. The molecule has 0 spiro atoms. The van der Waals surface area contributed by atoms with Gasteiger partial charge in [0.15, 0.2) is 0 Å². The van der Waals surface area contributed by atoms with E-state index in [1.54, 1.807) is 0 Å². The smallest absolute Gasteiger partial charge is 0.314 e. The highest BCUT2D eigenvalue weighted by molar-refractivity contribution is 5.18. The Kier molecular flexibility index (Phi) is 2.86. The van der Waals surface area contributed by atoms with Crippen LogP contribution in [0.1, 0.15) is 50.9 Å². The third-order valence-electron chi connectivity index (χ3n) is 1.94.